The molecule has 2 aliphatic heterocycles. The first-order valence-electron chi connectivity index (χ1n) is 6.82. The van der Waals surface area contributed by atoms with Crippen LogP contribution in [0.4, 0.5) is 0 Å². The van der Waals surface area contributed by atoms with E-state index in [1.165, 1.54) is 4.90 Å². The number of benzene rings is 1. The molecule has 2 N–H and O–H groups in total. The molecule has 0 aromatic heterocycles. The van der Waals surface area contributed by atoms with Crippen molar-refractivity contribution in [3.05, 3.63) is 47.2 Å². The molecule has 1 aromatic carbocycles. The van der Waals surface area contributed by atoms with E-state index < -0.39 is 18.2 Å². The van der Waals surface area contributed by atoms with Gasteiger partial charge in [-0.05, 0) is 5.56 Å². The Kier molecular flexibility index (Phi) is 4.15. The number of carbonyl (C=O) groups excluding carboxylic acids is 2. The summed E-state index contributed by atoms with van der Waals surface area (Å²) in [5.41, 5.74) is 7.21. The zero-order chi connectivity index (χ0) is 15.7. The molecule has 22 heavy (non-hydrogen) atoms. The molecule has 0 bridgehead atoms. The van der Waals surface area contributed by atoms with Crippen molar-refractivity contribution in [2.75, 3.05) is 12.5 Å². The predicted molar refractivity (Wildman–Crippen MR) is 78.5 cm³/mol. The summed E-state index contributed by atoms with van der Waals surface area (Å²) in [6.45, 7) is 0.291. The van der Waals surface area contributed by atoms with Crippen molar-refractivity contribution >= 4 is 23.5 Å². The second-order valence-electron chi connectivity index (χ2n) is 5.08. The molecular formula is C15H15ClN2O4. The molecule has 0 spiro atoms. The third-order valence-electron chi connectivity index (χ3n) is 3.66. The van der Waals surface area contributed by atoms with Gasteiger partial charge in [-0.3, -0.25) is 9.69 Å². The van der Waals surface area contributed by atoms with E-state index in [0.29, 0.717) is 5.57 Å². The van der Waals surface area contributed by atoms with Crippen molar-refractivity contribution < 1.29 is 19.1 Å². The minimum Gasteiger partial charge on any atom is -0.456 e. The first-order valence-corrected chi connectivity index (χ1v) is 7.36. The third-order valence-corrected chi connectivity index (χ3v) is 3.98. The van der Waals surface area contributed by atoms with Gasteiger partial charge in [0.15, 0.2) is 6.23 Å². The number of ether oxygens (including phenoxy) is 2. The Labute approximate surface area is 132 Å². The van der Waals surface area contributed by atoms with Crippen molar-refractivity contribution in [3.8, 4) is 0 Å². The van der Waals surface area contributed by atoms with Gasteiger partial charge in [0.25, 0.3) is 5.91 Å². The highest BCUT2D eigenvalue weighted by molar-refractivity contribution is 6.20. The van der Waals surface area contributed by atoms with Crippen LogP contribution >= 0.6 is 11.6 Å². The second-order valence-corrected chi connectivity index (χ2v) is 5.35. The fourth-order valence-electron chi connectivity index (χ4n) is 2.46. The van der Waals surface area contributed by atoms with Gasteiger partial charge < -0.3 is 15.2 Å². The van der Waals surface area contributed by atoms with Gasteiger partial charge in [0, 0.05) is 11.5 Å². The van der Waals surface area contributed by atoms with E-state index >= 15 is 0 Å². The predicted octanol–water partition coefficient (Wildman–Crippen LogP) is 0.748. The second kappa shape index (κ2) is 6.08. The number of rotatable bonds is 4. The number of hydrogen-bond acceptors (Lipinski definition) is 5. The highest BCUT2D eigenvalue weighted by atomic mass is 35.5. The van der Waals surface area contributed by atoms with Gasteiger partial charge >= 0.3 is 5.97 Å². The molecular weight excluding hydrogens is 308 g/mol. The van der Waals surface area contributed by atoms with Crippen molar-refractivity contribution in [3.63, 3.8) is 0 Å². The Bertz CT molecular complexity index is 632. The highest BCUT2D eigenvalue weighted by Gasteiger charge is 2.52. The van der Waals surface area contributed by atoms with Gasteiger partial charge in [-0.25, -0.2) is 4.79 Å². The van der Waals surface area contributed by atoms with Crippen LogP contribution in [0, 0.1) is 0 Å². The van der Waals surface area contributed by atoms with E-state index in [4.69, 9.17) is 26.8 Å². The summed E-state index contributed by atoms with van der Waals surface area (Å²) < 4.78 is 10.7. The van der Waals surface area contributed by atoms with E-state index in [-0.39, 0.29) is 30.7 Å². The largest absolute Gasteiger partial charge is 0.456 e. The van der Waals surface area contributed by atoms with E-state index in [1.54, 1.807) is 0 Å². The molecule has 116 valence electrons. The first-order chi connectivity index (χ1) is 10.6. The smallest absolute Gasteiger partial charge is 0.355 e. The van der Waals surface area contributed by atoms with Crippen LogP contribution in [0.5, 0.6) is 0 Å². The van der Waals surface area contributed by atoms with Crippen molar-refractivity contribution in [2.24, 2.45) is 5.73 Å². The fraction of sp³-hybridized carbons (Fsp3) is 0.333. The van der Waals surface area contributed by atoms with E-state index in [1.807, 2.05) is 30.3 Å². The van der Waals surface area contributed by atoms with Gasteiger partial charge in [-0.15, -0.1) is 11.6 Å². The van der Waals surface area contributed by atoms with Crippen molar-refractivity contribution in [1.82, 2.24) is 4.90 Å². The maximum Gasteiger partial charge on any atom is 0.355 e. The lowest BCUT2D eigenvalue weighted by molar-refractivity contribution is -0.181. The molecule has 2 aliphatic rings. The Balaban J connectivity index is 1.76. The van der Waals surface area contributed by atoms with Gasteiger partial charge in [-0.2, -0.15) is 0 Å². The average Bonchev–Trinajstić information content (AvgIpc) is 2.58. The lowest BCUT2D eigenvalue weighted by Gasteiger charge is -2.48. The zero-order valence-corrected chi connectivity index (χ0v) is 12.5. The average molecular weight is 323 g/mol. The molecule has 0 radical (unpaired) electrons. The Hall–Kier alpha value is -1.89. The van der Waals surface area contributed by atoms with Gasteiger partial charge in [0.1, 0.15) is 18.3 Å². The summed E-state index contributed by atoms with van der Waals surface area (Å²) in [7, 11) is 0. The molecule has 0 unspecified atom stereocenters. The topological polar surface area (TPSA) is 81.9 Å². The number of fused-ring (bicyclic) bond motifs is 1. The number of carbonyl (C=O) groups is 2. The van der Waals surface area contributed by atoms with Crippen molar-refractivity contribution in [1.29, 1.82) is 0 Å². The fourth-order valence-corrected chi connectivity index (χ4v) is 2.67. The summed E-state index contributed by atoms with van der Waals surface area (Å²) in [6.07, 6.45) is -0.612. The molecule has 1 amide bonds. The molecule has 0 aliphatic carbocycles. The summed E-state index contributed by atoms with van der Waals surface area (Å²) in [4.78, 5) is 25.5. The Morgan fingerprint density at radius 3 is 2.82 bits per heavy atom. The number of esters is 1. The van der Waals surface area contributed by atoms with E-state index in [2.05, 4.69) is 0 Å². The number of nitrogens with zero attached hydrogens (tertiary/aromatic N) is 1. The van der Waals surface area contributed by atoms with Gasteiger partial charge in [0.2, 0.25) is 0 Å². The summed E-state index contributed by atoms with van der Waals surface area (Å²) in [5.74, 6) is -0.867. The monoisotopic (exact) mass is 322 g/mol. The number of β-lactam (4-membered cyclic amide) rings is 1. The zero-order valence-electron chi connectivity index (χ0n) is 11.7. The highest BCUT2D eigenvalue weighted by Crippen LogP contribution is 2.32. The molecule has 1 fully saturated rings. The van der Waals surface area contributed by atoms with Crippen LogP contribution in [0.15, 0.2) is 41.6 Å². The number of alkyl halides is 1. The molecule has 0 saturated carbocycles. The molecule has 7 heteroatoms. The van der Waals surface area contributed by atoms with Crippen LogP contribution in [0.2, 0.25) is 0 Å². The lowest BCUT2D eigenvalue weighted by Crippen LogP contribution is -2.71. The number of hydrogen-bond donors (Lipinski definition) is 1. The Morgan fingerprint density at radius 1 is 1.41 bits per heavy atom. The third kappa shape index (κ3) is 2.49. The molecule has 1 saturated heterocycles. The Morgan fingerprint density at radius 2 is 2.14 bits per heavy atom. The lowest BCUT2D eigenvalue weighted by atomic mass is 10.00. The van der Waals surface area contributed by atoms with Crippen LogP contribution in [-0.2, 0) is 25.7 Å². The minimum atomic E-state index is -0.742. The standard InChI is InChI=1S/C15H15ClN2O4/c16-6-10-8-21-14-11(17)13(19)18(14)12(10)15(20)22-7-9-4-2-1-3-5-9/h1-5,11,14H,6-8,17H2/t11-,14-/m1/s1. The normalized spacial score (nSPS) is 23.9. The molecule has 1 aromatic rings. The quantitative estimate of drug-likeness (QED) is 0.502. The summed E-state index contributed by atoms with van der Waals surface area (Å²) >= 11 is 5.84. The van der Waals surface area contributed by atoms with E-state index in [0.717, 1.165) is 5.56 Å². The molecule has 2 heterocycles. The molecule has 6 nitrogen and oxygen atoms in total. The van der Waals surface area contributed by atoms with Gasteiger partial charge in [0.05, 0.1) is 6.61 Å². The summed E-state index contributed by atoms with van der Waals surface area (Å²) in [6, 6.07) is 8.55. The van der Waals surface area contributed by atoms with Crippen LogP contribution in [0.25, 0.3) is 0 Å². The minimum absolute atomic E-state index is 0.0848. The molecule has 3 rings (SSSR count). The summed E-state index contributed by atoms with van der Waals surface area (Å²) in [5, 5.41) is 0. The van der Waals surface area contributed by atoms with Crippen molar-refractivity contribution in [2.45, 2.75) is 18.9 Å². The van der Waals surface area contributed by atoms with E-state index in [9.17, 15) is 9.59 Å². The van der Waals surface area contributed by atoms with Crippen LogP contribution in [0.1, 0.15) is 5.56 Å². The maximum absolute atomic E-state index is 12.4. The van der Waals surface area contributed by atoms with Crippen LogP contribution in [-0.4, -0.2) is 41.5 Å². The first kappa shape index (κ1) is 15.0. The SMILES string of the molecule is N[C@@H]1C(=O)N2C(C(=O)OCc3ccccc3)=C(CCl)CO[C@H]12. The number of amides is 1. The molecule has 2 atom stereocenters. The number of halogens is 1. The van der Waals surface area contributed by atoms with Crippen LogP contribution in [0.3, 0.4) is 0 Å². The number of nitrogens with two attached hydrogens (primary N) is 1. The van der Waals surface area contributed by atoms with Gasteiger partial charge in [-0.1, -0.05) is 30.3 Å². The van der Waals surface area contributed by atoms with Crippen LogP contribution < -0.4 is 5.73 Å². The maximum atomic E-state index is 12.4.